The van der Waals surface area contributed by atoms with Gasteiger partial charge in [-0.05, 0) is 44.2 Å². The molecule has 1 N–H and O–H groups in total. The van der Waals surface area contributed by atoms with E-state index in [1.165, 1.54) is 14.1 Å². The second-order valence-electron chi connectivity index (χ2n) is 8.48. The monoisotopic (exact) mass is 480 g/mol. The molecule has 0 radical (unpaired) electrons. The first-order valence-electron chi connectivity index (χ1n) is 10.4. The van der Waals surface area contributed by atoms with Crippen molar-refractivity contribution in [3.8, 4) is 0 Å². The van der Waals surface area contributed by atoms with E-state index in [4.69, 9.17) is 23.2 Å². The summed E-state index contributed by atoms with van der Waals surface area (Å²) in [5, 5.41) is 1.14. The summed E-state index contributed by atoms with van der Waals surface area (Å²) >= 11 is 12.5. The molecular weight excluding hydrogens is 450 g/mol. The number of piperazine rings is 1. The molecule has 30 heavy (non-hydrogen) atoms. The zero-order valence-electron chi connectivity index (χ0n) is 17.6. The van der Waals surface area contributed by atoms with Crippen molar-refractivity contribution in [1.82, 2.24) is 13.9 Å². The second-order valence-corrected chi connectivity index (χ2v) is 11.2. The molecule has 0 unspecified atom stereocenters. The number of hydrogen-bond donors (Lipinski definition) is 1. The molecule has 1 saturated carbocycles. The summed E-state index contributed by atoms with van der Waals surface area (Å²) in [5.74, 6) is 0. The number of benzene rings is 1. The third kappa shape index (κ3) is 5.99. The van der Waals surface area contributed by atoms with Gasteiger partial charge in [-0.2, -0.15) is 17.4 Å². The normalized spacial score (nSPS) is 26.3. The van der Waals surface area contributed by atoms with Crippen LogP contribution in [0.2, 0.25) is 10.0 Å². The van der Waals surface area contributed by atoms with Gasteiger partial charge in [0.1, 0.15) is 5.67 Å². The number of anilines is 1. The van der Waals surface area contributed by atoms with Crippen LogP contribution >= 0.6 is 23.2 Å². The van der Waals surface area contributed by atoms with Gasteiger partial charge in [-0.1, -0.05) is 29.3 Å². The van der Waals surface area contributed by atoms with E-state index >= 15 is 4.39 Å². The lowest BCUT2D eigenvalue weighted by atomic mass is 9.81. The van der Waals surface area contributed by atoms with Crippen molar-refractivity contribution in [2.24, 2.45) is 0 Å². The lowest BCUT2D eigenvalue weighted by Crippen LogP contribution is -2.49. The molecule has 1 aliphatic carbocycles. The molecule has 2 aliphatic rings. The molecule has 6 nitrogen and oxygen atoms in total. The molecule has 0 bridgehead atoms. The SMILES string of the molecule is CN(C)S(=O)(=O)NC1CCC(F)(CCN2CCN(c3cccc(Cl)c3Cl)CC2)CC1. The van der Waals surface area contributed by atoms with E-state index in [-0.39, 0.29) is 6.04 Å². The summed E-state index contributed by atoms with van der Waals surface area (Å²) in [7, 11) is -0.487. The maximum atomic E-state index is 15.3. The molecule has 0 atom stereocenters. The highest BCUT2D eigenvalue weighted by Gasteiger charge is 2.37. The van der Waals surface area contributed by atoms with Crippen LogP contribution in [-0.4, -0.2) is 76.2 Å². The molecule has 1 saturated heterocycles. The molecule has 1 aromatic rings. The minimum Gasteiger partial charge on any atom is -0.368 e. The molecule has 0 aromatic heterocycles. The molecule has 0 spiro atoms. The molecule has 3 rings (SSSR count). The first-order chi connectivity index (χ1) is 14.1. The first-order valence-corrected chi connectivity index (χ1v) is 12.6. The summed E-state index contributed by atoms with van der Waals surface area (Å²) in [4.78, 5) is 4.51. The zero-order chi connectivity index (χ0) is 21.9. The minimum absolute atomic E-state index is 0.188. The zero-order valence-corrected chi connectivity index (χ0v) is 19.9. The van der Waals surface area contributed by atoms with Crippen LogP contribution in [0.4, 0.5) is 10.1 Å². The van der Waals surface area contributed by atoms with Crippen LogP contribution in [0.25, 0.3) is 0 Å². The predicted octanol–water partition coefficient (Wildman–Crippen LogP) is 3.55. The fraction of sp³-hybridized carbons (Fsp3) is 0.700. The Hall–Kier alpha value is -0.640. The van der Waals surface area contributed by atoms with Gasteiger partial charge >= 0.3 is 0 Å². The van der Waals surface area contributed by atoms with Crippen LogP contribution in [0.15, 0.2) is 18.2 Å². The van der Waals surface area contributed by atoms with Gasteiger partial charge in [0.2, 0.25) is 0 Å². The number of halogens is 3. The quantitative estimate of drug-likeness (QED) is 0.648. The van der Waals surface area contributed by atoms with Crippen molar-refractivity contribution in [1.29, 1.82) is 0 Å². The Morgan fingerprint density at radius 1 is 1.17 bits per heavy atom. The van der Waals surface area contributed by atoms with E-state index in [1.54, 1.807) is 6.07 Å². The predicted molar refractivity (Wildman–Crippen MR) is 122 cm³/mol. The Morgan fingerprint density at radius 2 is 1.80 bits per heavy atom. The van der Waals surface area contributed by atoms with Crippen molar-refractivity contribution in [3.63, 3.8) is 0 Å². The van der Waals surface area contributed by atoms with E-state index in [0.29, 0.717) is 48.7 Å². The van der Waals surface area contributed by atoms with Crippen molar-refractivity contribution in [2.75, 3.05) is 51.7 Å². The maximum Gasteiger partial charge on any atom is 0.279 e. The highest BCUT2D eigenvalue weighted by molar-refractivity contribution is 7.87. The van der Waals surface area contributed by atoms with E-state index < -0.39 is 15.9 Å². The number of hydrogen-bond acceptors (Lipinski definition) is 4. The summed E-state index contributed by atoms with van der Waals surface area (Å²) in [5.41, 5.74) is -0.266. The van der Waals surface area contributed by atoms with Crippen LogP contribution in [-0.2, 0) is 10.2 Å². The number of rotatable bonds is 7. The standard InChI is InChI=1S/C20H31Cl2FN4O2S/c1-25(2)30(28,29)24-16-6-8-20(23,9-7-16)10-11-26-12-14-27(15-13-26)18-5-3-4-17(21)19(18)22/h3-5,16,24H,6-15H2,1-2H3. The van der Waals surface area contributed by atoms with Crippen molar-refractivity contribution in [3.05, 3.63) is 28.2 Å². The molecule has 1 aliphatic heterocycles. The highest BCUT2D eigenvalue weighted by Crippen LogP contribution is 2.36. The number of nitrogens with zero attached hydrogens (tertiary/aromatic N) is 3. The van der Waals surface area contributed by atoms with Gasteiger partial charge in [-0.25, -0.2) is 4.39 Å². The van der Waals surface area contributed by atoms with Crippen LogP contribution in [0.3, 0.4) is 0 Å². The Balaban J connectivity index is 1.43. The summed E-state index contributed by atoms with van der Waals surface area (Å²) in [6.07, 6.45) is 2.34. The molecule has 10 heteroatoms. The number of alkyl halides is 1. The Morgan fingerprint density at radius 3 is 2.40 bits per heavy atom. The van der Waals surface area contributed by atoms with E-state index in [2.05, 4.69) is 14.5 Å². The van der Waals surface area contributed by atoms with Crippen LogP contribution in [0.5, 0.6) is 0 Å². The second kappa shape index (κ2) is 9.88. The molecular formula is C20H31Cl2FN4O2S. The van der Waals surface area contributed by atoms with Crippen LogP contribution in [0.1, 0.15) is 32.1 Å². The van der Waals surface area contributed by atoms with Gasteiger partial charge in [-0.15, -0.1) is 0 Å². The van der Waals surface area contributed by atoms with Crippen LogP contribution < -0.4 is 9.62 Å². The van der Waals surface area contributed by atoms with Gasteiger partial charge in [-0.3, -0.25) is 4.90 Å². The van der Waals surface area contributed by atoms with Gasteiger partial charge in [0.05, 0.1) is 15.7 Å². The van der Waals surface area contributed by atoms with Gasteiger partial charge in [0.15, 0.2) is 0 Å². The van der Waals surface area contributed by atoms with Crippen LogP contribution in [0, 0.1) is 0 Å². The summed E-state index contributed by atoms with van der Waals surface area (Å²) in [6, 6.07) is 5.47. The Kier molecular flexibility index (Phi) is 7.91. The molecule has 170 valence electrons. The Bertz CT molecular complexity index is 824. The first kappa shape index (κ1) is 24.0. The lowest BCUT2D eigenvalue weighted by molar-refractivity contribution is 0.0704. The average molecular weight is 481 g/mol. The summed E-state index contributed by atoms with van der Waals surface area (Å²) in [6.45, 7) is 4.07. The topological polar surface area (TPSA) is 55.9 Å². The number of nitrogens with one attached hydrogen (secondary N) is 1. The van der Waals surface area contributed by atoms with Crippen molar-refractivity contribution < 1.29 is 12.8 Å². The van der Waals surface area contributed by atoms with Gasteiger partial charge in [0.25, 0.3) is 10.2 Å². The molecule has 0 amide bonds. The lowest BCUT2D eigenvalue weighted by Gasteiger charge is -2.39. The third-order valence-corrected chi connectivity index (χ3v) is 8.60. The average Bonchev–Trinajstić information content (AvgIpc) is 2.71. The minimum atomic E-state index is -3.47. The molecule has 1 aromatic carbocycles. The largest absolute Gasteiger partial charge is 0.368 e. The van der Waals surface area contributed by atoms with Gasteiger partial charge in [0, 0.05) is 52.9 Å². The van der Waals surface area contributed by atoms with E-state index in [1.807, 2.05) is 12.1 Å². The Labute approximate surface area is 189 Å². The molecule has 2 fully saturated rings. The van der Waals surface area contributed by atoms with Gasteiger partial charge < -0.3 is 4.90 Å². The molecule has 1 heterocycles. The summed E-state index contributed by atoms with van der Waals surface area (Å²) < 4.78 is 43.0. The smallest absolute Gasteiger partial charge is 0.279 e. The fourth-order valence-electron chi connectivity index (χ4n) is 4.13. The van der Waals surface area contributed by atoms with Crippen molar-refractivity contribution in [2.45, 2.75) is 43.8 Å². The third-order valence-electron chi connectivity index (χ3n) is 6.20. The van der Waals surface area contributed by atoms with E-state index in [9.17, 15) is 8.42 Å². The highest BCUT2D eigenvalue weighted by atomic mass is 35.5. The van der Waals surface area contributed by atoms with Crippen molar-refractivity contribution >= 4 is 39.1 Å². The van der Waals surface area contributed by atoms with E-state index in [0.717, 1.165) is 36.2 Å². The maximum absolute atomic E-state index is 15.3. The fourth-order valence-corrected chi connectivity index (χ4v) is 5.41.